The average Bonchev–Trinajstić information content (AvgIpc) is 2.35. The molecule has 4 nitrogen and oxygen atoms in total. The van der Waals surface area contributed by atoms with Gasteiger partial charge in [-0.2, -0.15) is 13.2 Å². The zero-order chi connectivity index (χ0) is 15.1. The fourth-order valence-corrected chi connectivity index (χ4v) is 3.15. The average molecular weight is 289 g/mol. The first-order valence-electron chi connectivity index (χ1n) is 6.37. The van der Waals surface area contributed by atoms with Gasteiger partial charge in [0, 0.05) is 30.7 Å². The molecule has 0 bridgehead atoms. The van der Waals surface area contributed by atoms with Crippen molar-refractivity contribution in [1.82, 2.24) is 9.97 Å². The number of nitrogens with one attached hydrogen (secondary N) is 1. The molecule has 1 aromatic heterocycles. The van der Waals surface area contributed by atoms with E-state index in [2.05, 4.69) is 15.3 Å². The molecule has 1 aromatic rings. The van der Waals surface area contributed by atoms with E-state index in [0.717, 1.165) is 12.3 Å². The van der Waals surface area contributed by atoms with Crippen LogP contribution in [-0.2, 0) is 10.9 Å². The van der Waals surface area contributed by atoms with Gasteiger partial charge in [-0.1, -0.05) is 20.8 Å². The highest BCUT2D eigenvalue weighted by atomic mass is 19.4. The second kappa shape index (κ2) is 4.87. The van der Waals surface area contributed by atoms with E-state index in [4.69, 9.17) is 4.74 Å². The summed E-state index contributed by atoms with van der Waals surface area (Å²) in [6, 6.07) is 0.828. The van der Waals surface area contributed by atoms with Crippen molar-refractivity contribution in [2.75, 3.05) is 12.4 Å². The molecule has 112 valence electrons. The Morgan fingerprint density at radius 1 is 1.35 bits per heavy atom. The monoisotopic (exact) mass is 289 g/mol. The van der Waals surface area contributed by atoms with Crippen molar-refractivity contribution in [1.29, 1.82) is 0 Å². The fourth-order valence-electron chi connectivity index (χ4n) is 3.15. The van der Waals surface area contributed by atoms with Crippen molar-refractivity contribution >= 4 is 5.95 Å². The van der Waals surface area contributed by atoms with Crippen molar-refractivity contribution in [2.24, 2.45) is 11.3 Å². The van der Waals surface area contributed by atoms with Gasteiger partial charge in [0.1, 0.15) is 5.69 Å². The van der Waals surface area contributed by atoms with Crippen molar-refractivity contribution in [3.05, 3.63) is 18.0 Å². The third kappa shape index (κ3) is 2.46. The minimum Gasteiger partial charge on any atom is -0.380 e. The second-order valence-electron chi connectivity index (χ2n) is 5.72. The summed E-state index contributed by atoms with van der Waals surface area (Å²) in [7, 11) is 1.64. The molecule has 2 rings (SSSR count). The van der Waals surface area contributed by atoms with Crippen LogP contribution < -0.4 is 5.32 Å². The number of aromatic nitrogens is 2. The SMILES string of the molecule is COC1C(C)C(Nc2nccc(C(F)(F)F)n2)C1(C)C. The zero-order valence-corrected chi connectivity index (χ0v) is 11.8. The lowest BCUT2D eigenvalue weighted by molar-refractivity contribution is -0.141. The van der Waals surface area contributed by atoms with Crippen molar-refractivity contribution in [3.63, 3.8) is 0 Å². The number of methoxy groups -OCH3 is 1. The third-order valence-corrected chi connectivity index (χ3v) is 4.02. The van der Waals surface area contributed by atoms with Crippen LogP contribution in [0.15, 0.2) is 12.3 Å². The Kier molecular flexibility index (Phi) is 3.66. The van der Waals surface area contributed by atoms with Crippen molar-refractivity contribution in [2.45, 2.75) is 39.1 Å². The third-order valence-electron chi connectivity index (χ3n) is 4.02. The first-order chi connectivity index (χ1) is 9.17. The van der Waals surface area contributed by atoms with Crippen LogP contribution in [-0.4, -0.2) is 29.2 Å². The quantitative estimate of drug-likeness (QED) is 0.929. The molecular weight excluding hydrogens is 271 g/mol. The van der Waals surface area contributed by atoms with Gasteiger partial charge in [-0.05, 0) is 6.07 Å². The van der Waals surface area contributed by atoms with Gasteiger partial charge >= 0.3 is 6.18 Å². The molecule has 3 unspecified atom stereocenters. The van der Waals surface area contributed by atoms with Gasteiger partial charge in [0.05, 0.1) is 6.10 Å². The molecule has 1 aliphatic rings. The van der Waals surface area contributed by atoms with Crippen LogP contribution in [0.3, 0.4) is 0 Å². The molecular formula is C13H18F3N3O. The molecule has 20 heavy (non-hydrogen) atoms. The zero-order valence-electron chi connectivity index (χ0n) is 11.8. The van der Waals surface area contributed by atoms with Gasteiger partial charge in [-0.3, -0.25) is 0 Å². The summed E-state index contributed by atoms with van der Waals surface area (Å²) in [4.78, 5) is 7.39. The summed E-state index contributed by atoms with van der Waals surface area (Å²) < 4.78 is 43.2. The Morgan fingerprint density at radius 2 is 2.00 bits per heavy atom. The summed E-state index contributed by atoms with van der Waals surface area (Å²) in [5, 5.41) is 2.99. The molecule has 0 spiro atoms. The highest BCUT2D eigenvalue weighted by Gasteiger charge is 2.55. The van der Waals surface area contributed by atoms with E-state index >= 15 is 0 Å². The Balaban J connectivity index is 2.16. The number of alkyl halides is 3. The number of anilines is 1. The molecule has 7 heteroatoms. The molecule has 0 saturated heterocycles. The van der Waals surface area contributed by atoms with E-state index in [1.807, 2.05) is 20.8 Å². The van der Waals surface area contributed by atoms with Gasteiger partial charge in [-0.25, -0.2) is 9.97 Å². The van der Waals surface area contributed by atoms with E-state index in [1.165, 1.54) is 0 Å². The number of hydrogen-bond acceptors (Lipinski definition) is 4. The molecule has 0 amide bonds. The maximum Gasteiger partial charge on any atom is 0.433 e. The lowest BCUT2D eigenvalue weighted by Gasteiger charge is -2.56. The number of rotatable bonds is 3. The van der Waals surface area contributed by atoms with E-state index in [1.54, 1.807) is 7.11 Å². The Morgan fingerprint density at radius 3 is 2.50 bits per heavy atom. The van der Waals surface area contributed by atoms with Gasteiger partial charge in [0.15, 0.2) is 0 Å². The fraction of sp³-hybridized carbons (Fsp3) is 0.692. The molecule has 0 aliphatic heterocycles. The maximum absolute atomic E-state index is 12.6. The smallest absolute Gasteiger partial charge is 0.380 e. The van der Waals surface area contributed by atoms with Crippen LogP contribution in [0.1, 0.15) is 26.5 Å². The molecule has 1 saturated carbocycles. The molecule has 0 aromatic carbocycles. The summed E-state index contributed by atoms with van der Waals surface area (Å²) in [5.41, 5.74) is -1.13. The van der Waals surface area contributed by atoms with Gasteiger partial charge in [0.2, 0.25) is 5.95 Å². The largest absolute Gasteiger partial charge is 0.433 e. The Bertz CT molecular complexity index is 490. The Hall–Kier alpha value is -1.37. The lowest BCUT2D eigenvalue weighted by Crippen LogP contribution is -2.64. The summed E-state index contributed by atoms with van der Waals surface area (Å²) in [6.07, 6.45) is -3.29. The van der Waals surface area contributed by atoms with Crippen molar-refractivity contribution in [3.8, 4) is 0 Å². The predicted molar refractivity (Wildman–Crippen MR) is 68.2 cm³/mol. The second-order valence-corrected chi connectivity index (χ2v) is 5.72. The first-order valence-corrected chi connectivity index (χ1v) is 6.37. The standard InChI is InChI=1S/C13H18F3N3O/c1-7-9(12(2,3)10(7)20-4)19-11-17-6-5-8(18-11)13(14,15)16/h5-7,9-10H,1-4H3,(H,17,18,19). The molecule has 1 N–H and O–H groups in total. The highest BCUT2D eigenvalue weighted by Crippen LogP contribution is 2.48. The van der Waals surface area contributed by atoms with Gasteiger partial charge in [0.25, 0.3) is 0 Å². The molecule has 3 atom stereocenters. The normalized spacial score (nSPS) is 28.9. The van der Waals surface area contributed by atoms with E-state index in [0.29, 0.717) is 0 Å². The van der Waals surface area contributed by atoms with Crippen LogP contribution in [0.2, 0.25) is 0 Å². The number of nitrogens with zero attached hydrogens (tertiary/aromatic N) is 2. The molecule has 1 fully saturated rings. The number of halogens is 3. The van der Waals surface area contributed by atoms with Gasteiger partial charge in [-0.15, -0.1) is 0 Å². The Labute approximate surface area is 115 Å². The predicted octanol–water partition coefficient (Wildman–Crippen LogP) is 2.97. The van der Waals surface area contributed by atoms with E-state index < -0.39 is 11.9 Å². The van der Waals surface area contributed by atoms with Crippen molar-refractivity contribution < 1.29 is 17.9 Å². The van der Waals surface area contributed by atoms with Crippen LogP contribution in [0.25, 0.3) is 0 Å². The van der Waals surface area contributed by atoms with Crippen LogP contribution >= 0.6 is 0 Å². The minimum atomic E-state index is -4.46. The number of hydrogen-bond donors (Lipinski definition) is 1. The number of ether oxygens (including phenoxy) is 1. The van der Waals surface area contributed by atoms with Crippen LogP contribution in [0, 0.1) is 11.3 Å². The molecule has 1 heterocycles. The summed E-state index contributed by atoms with van der Waals surface area (Å²) in [6.45, 7) is 6.00. The van der Waals surface area contributed by atoms with E-state index in [9.17, 15) is 13.2 Å². The molecule has 1 aliphatic carbocycles. The lowest BCUT2D eigenvalue weighted by atomic mass is 9.58. The minimum absolute atomic E-state index is 0.000645. The summed E-state index contributed by atoms with van der Waals surface area (Å²) >= 11 is 0. The van der Waals surface area contributed by atoms with E-state index in [-0.39, 0.29) is 29.4 Å². The van der Waals surface area contributed by atoms with Gasteiger partial charge < -0.3 is 10.1 Å². The highest BCUT2D eigenvalue weighted by molar-refractivity contribution is 5.32. The van der Waals surface area contributed by atoms with Crippen LogP contribution in [0.4, 0.5) is 19.1 Å². The molecule has 0 radical (unpaired) electrons. The van der Waals surface area contributed by atoms with Crippen LogP contribution in [0.5, 0.6) is 0 Å². The topological polar surface area (TPSA) is 47.0 Å². The summed E-state index contributed by atoms with van der Waals surface area (Å²) in [5.74, 6) is 0.174. The first kappa shape index (κ1) is 15.0. The maximum atomic E-state index is 12.6.